The molecular weight excluding hydrogens is 226 g/mol. The van der Waals surface area contributed by atoms with Crippen LogP contribution in [0.15, 0.2) is 29.2 Å². The van der Waals surface area contributed by atoms with Gasteiger partial charge in [-0.3, -0.25) is 0 Å². The van der Waals surface area contributed by atoms with Gasteiger partial charge in [-0.15, -0.1) is 11.8 Å². The van der Waals surface area contributed by atoms with Gasteiger partial charge in [-0.1, -0.05) is 37.4 Å². The van der Waals surface area contributed by atoms with Crippen molar-refractivity contribution in [1.82, 2.24) is 0 Å². The standard InChI is InChI=1S/C12H18ClNS/c1-2-3-6-11(14)9-15-12-7-4-5-10(13)8-12/h4-5,7-8,11H,2-3,6,9,14H2,1H3. The molecular formula is C12H18ClNS. The molecule has 1 atom stereocenters. The molecule has 0 aliphatic heterocycles. The first-order valence-corrected chi connectivity index (χ1v) is 6.72. The molecule has 2 N–H and O–H groups in total. The van der Waals surface area contributed by atoms with Gasteiger partial charge in [0.25, 0.3) is 0 Å². The molecule has 1 nitrogen and oxygen atoms in total. The van der Waals surface area contributed by atoms with E-state index in [4.69, 9.17) is 17.3 Å². The van der Waals surface area contributed by atoms with E-state index in [-0.39, 0.29) is 0 Å². The van der Waals surface area contributed by atoms with Crippen LogP contribution in [0.2, 0.25) is 5.02 Å². The molecule has 0 spiro atoms. The summed E-state index contributed by atoms with van der Waals surface area (Å²) in [5.74, 6) is 0.973. The van der Waals surface area contributed by atoms with Gasteiger partial charge in [-0.05, 0) is 24.6 Å². The van der Waals surface area contributed by atoms with Gasteiger partial charge in [0.2, 0.25) is 0 Å². The normalized spacial score (nSPS) is 12.7. The Morgan fingerprint density at radius 3 is 2.93 bits per heavy atom. The van der Waals surface area contributed by atoms with Crippen molar-refractivity contribution in [2.75, 3.05) is 5.75 Å². The number of rotatable bonds is 6. The van der Waals surface area contributed by atoms with Crippen LogP contribution in [-0.4, -0.2) is 11.8 Å². The van der Waals surface area contributed by atoms with Crippen LogP contribution in [-0.2, 0) is 0 Å². The first-order chi connectivity index (χ1) is 7.22. The lowest BCUT2D eigenvalue weighted by molar-refractivity contribution is 0.622. The Morgan fingerprint density at radius 1 is 1.47 bits per heavy atom. The minimum absolute atomic E-state index is 0.300. The number of thioether (sulfide) groups is 1. The first-order valence-electron chi connectivity index (χ1n) is 5.36. The van der Waals surface area contributed by atoms with E-state index in [1.165, 1.54) is 17.7 Å². The highest BCUT2D eigenvalue weighted by Gasteiger charge is 2.03. The van der Waals surface area contributed by atoms with E-state index in [0.29, 0.717) is 6.04 Å². The lowest BCUT2D eigenvalue weighted by Crippen LogP contribution is -2.22. The monoisotopic (exact) mass is 243 g/mol. The zero-order chi connectivity index (χ0) is 11.1. The number of nitrogens with two attached hydrogens (primary N) is 1. The molecule has 0 aliphatic carbocycles. The topological polar surface area (TPSA) is 26.0 Å². The van der Waals surface area contributed by atoms with Gasteiger partial charge in [-0.25, -0.2) is 0 Å². The summed E-state index contributed by atoms with van der Waals surface area (Å²) in [7, 11) is 0. The van der Waals surface area contributed by atoms with Crippen molar-refractivity contribution in [2.24, 2.45) is 5.73 Å². The summed E-state index contributed by atoms with van der Waals surface area (Å²) in [4.78, 5) is 1.20. The minimum atomic E-state index is 0.300. The van der Waals surface area contributed by atoms with Crippen molar-refractivity contribution in [2.45, 2.75) is 37.1 Å². The molecule has 3 heteroatoms. The van der Waals surface area contributed by atoms with Crippen molar-refractivity contribution in [3.8, 4) is 0 Å². The second-order valence-electron chi connectivity index (χ2n) is 3.67. The molecule has 0 saturated carbocycles. The molecule has 0 aliphatic rings. The fourth-order valence-corrected chi connectivity index (χ4v) is 2.52. The second-order valence-corrected chi connectivity index (χ2v) is 5.20. The maximum Gasteiger partial charge on any atom is 0.0417 e. The Bertz CT molecular complexity index is 291. The minimum Gasteiger partial charge on any atom is -0.327 e. The van der Waals surface area contributed by atoms with Crippen LogP contribution in [0.5, 0.6) is 0 Å². The summed E-state index contributed by atoms with van der Waals surface area (Å²) >= 11 is 7.68. The van der Waals surface area contributed by atoms with E-state index in [1.54, 1.807) is 11.8 Å². The fraction of sp³-hybridized carbons (Fsp3) is 0.500. The van der Waals surface area contributed by atoms with Gasteiger partial charge in [0.1, 0.15) is 0 Å². The maximum atomic E-state index is 5.99. The molecule has 0 radical (unpaired) electrons. The molecule has 0 amide bonds. The zero-order valence-electron chi connectivity index (χ0n) is 9.08. The van der Waals surface area contributed by atoms with E-state index in [2.05, 4.69) is 13.0 Å². The van der Waals surface area contributed by atoms with Crippen LogP contribution < -0.4 is 5.73 Å². The molecule has 1 aromatic rings. The van der Waals surface area contributed by atoms with Crippen LogP contribution in [0.25, 0.3) is 0 Å². The predicted octanol–water partition coefficient (Wildman–Crippen LogP) is 3.95. The highest BCUT2D eigenvalue weighted by atomic mass is 35.5. The van der Waals surface area contributed by atoms with Crippen molar-refractivity contribution in [1.29, 1.82) is 0 Å². The smallest absolute Gasteiger partial charge is 0.0417 e. The molecule has 0 heterocycles. The van der Waals surface area contributed by atoms with Crippen LogP contribution in [0.4, 0.5) is 0 Å². The quantitative estimate of drug-likeness (QED) is 0.766. The van der Waals surface area contributed by atoms with Crippen LogP contribution in [0.1, 0.15) is 26.2 Å². The van der Waals surface area contributed by atoms with Crippen molar-refractivity contribution in [3.05, 3.63) is 29.3 Å². The van der Waals surface area contributed by atoms with Gasteiger partial charge in [0.05, 0.1) is 0 Å². The largest absolute Gasteiger partial charge is 0.327 e. The summed E-state index contributed by atoms with van der Waals surface area (Å²) < 4.78 is 0. The van der Waals surface area contributed by atoms with Gasteiger partial charge >= 0.3 is 0 Å². The lowest BCUT2D eigenvalue weighted by atomic mass is 10.2. The number of hydrogen-bond acceptors (Lipinski definition) is 2. The van der Waals surface area contributed by atoms with Crippen LogP contribution >= 0.6 is 23.4 Å². The van der Waals surface area contributed by atoms with Crippen molar-refractivity contribution in [3.63, 3.8) is 0 Å². The van der Waals surface area contributed by atoms with E-state index in [9.17, 15) is 0 Å². The molecule has 0 fully saturated rings. The molecule has 84 valence electrons. The lowest BCUT2D eigenvalue weighted by Gasteiger charge is -2.10. The molecule has 1 rings (SSSR count). The Labute approximate surface area is 101 Å². The Balaban J connectivity index is 2.30. The van der Waals surface area contributed by atoms with Gasteiger partial charge in [0.15, 0.2) is 0 Å². The summed E-state index contributed by atoms with van der Waals surface area (Å²) in [5, 5.41) is 0.794. The zero-order valence-corrected chi connectivity index (χ0v) is 10.7. The predicted molar refractivity (Wildman–Crippen MR) is 69.7 cm³/mol. The molecule has 1 aromatic carbocycles. The third kappa shape index (κ3) is 5.45. The molecule has 15 heavy (non-hydrogen) atoms. The number of halogens is 1. The summed E-state index contributed by atoms with van der Waals surface area (Å²) in [6, 6.07) is 8.22. The van der Waals surface area contributed by atoms with Gasteiger partial charge in [0, 0.05) is 21.7 Å². The summed E-state index contributed by atoms with van der Waals surface area (Å²) in [6.07, 6.45) is 3.55. The van der Waals surface area contributed by atoms with E-state index < -0.39 is 0 Å². The number of hydrogen-bond donors (Lipinski definition) is 1. The summed E-state index contributed by atoms with van der Waals surface area (Å²) in [6.45, 7) is 2.19. The number of unbranched alkanes of at least 4 members (excludes halogenated alkanes) is 1. The Kier molecular flexibility index (Phi) is 6.15. The Morgan fingerprint density at radius 2 is 2.27 bits per heavy atom. The van der Waals surface area contributed by atoms with E-state index >= 15 is 0 Å². The molecule has 0 aromatic heterocycles. The van der Waals surface area contributed by atoms with Crippen LogP contribution in [0, 0.1) is 0 Å². The first kappa shape index (κ1) is 12.9. The van der Waals surface area contributed by atoms with E-state index in [1.807, 2.05) is 18.2 Å². The average molecular weight is 244 g/mol. The van der Waals surface area contributed by atoms with Crippen molar-refractivity contribution < 1.29 is 0 Å². The van der Waals surface area contributed by atoms with E-state index in [0.717, 1.165) is 17.2 Å². The third-order valence-corrected chi connectivity index (χ3v) is 3.61. The molecule has 0 bridgehead atoms. The Hall–Kier alpha value is -0.180. The molecule has 1 unspecified atom stereocenters. The maximum absolute atomic E-state index is 5.99. The van der Waals surface area contributed by atoms with Crippen molar-refractivity contribution >= 4 is 23.4 Å². The SMILES string of the molecule is CCCCC(N)CSc1cccc(Cl)c1. The highest BCUT2D eigenvalue weighted by molar-refractivity contribution is 7.99. The van der Waals surface area contributed by atoms with Gasteiger partial charge in [-0.2, -0.15) is 0 Å². The summed E-state index contributed by atoms with van der Waals surface area (Å²) in [5.41, 5.74) is 5.99. The third-order valence-electron chi connectivity index (χ3n) is 2.19. The average Bonchev–Trinajstić information content (AvgIpc) is 2.23. The van der Waals surface area contributed by atoms with Gasteiger partial charge < -0.3 is 5.73 Å². The number of benzene rings is 1. The highest BCUT2D eigenvalue weighted by Crippen LogP contribution is 2.22. The molecule has 0 saturated heterocycles. The van der Waals surface area contributed by atoms with Crippen LogP contribution in [0.3, 0.4) is 0 Å². The fourth-order valence-electron chi connectivity index (χ4n) is 1.31. The second kappa shape index (κ2) is 7.15.